The zero-order chi connectivity index (χ0) is 21.5. The van der Waals surface area contributed by atoms with Gasteiger partial charge >= 0.3 is 0 Å². The number of benzene rings is 2. The van der Waals surface area contributed by atoms with Crippen LogP contribution in [-0.4, -0.2) is 29.9 Å². The molecule has 0 saturated heterocycles. The summed E-state index contributed by atoms with van der Waals surface area (Å²) in [5.74, 6) is 0.559. The molecule has 2 aromatic carbocycles. The summed E-state index contributed by atoms with van der Waals surface area (Å²) in [6.45, 7) is 0.274. The van der Waals surface area contributed by atoms with Crippen LogP contribution in [0.4, 0.5) is 10.1 Å². The minimum Gasteiger partial charge on any atom is -0.497 e. The highest BCUT2D eigenvalue weighted by molar-refractivity contribution is 5.92. The van der Waals surface area contributed by atoms with Gasteiger partial charge in [-0.15, -0.1) is 0 Å². The van der Waals surface area contributed by atoms with Crippen molar-refractivity contribution in [1.29, 1.82) is 0 Å². The number of rotatable bonds is 8. The average Bonchev–Trinajstić information content (AvgIpc) is 2.75. The Morgan fingerprint density at radius 1 is 1.07 bits per heavy atom. The molecule has 3 rings (SSSR count). The van der Waals surface area contributed by atoms with E-state index in [1.165, 1.54) is 37.1 Å². The van der Waals surface area contributed by atoms with E-state index in [0.29, 0.717) is 34.9 Å². The molecule has 0 aliphatic heterocycles. The molecule has 1 amide bonds. The smallest absolute Gasteiger partial charge is 0.266 e. The van der Waals surface area contributed by atoms with Gasteiger partial charge in [0, 0.05) is 30.7 Å². The first-order valence-electron chi connectivity index (χ1n) is 9.36. The molecule has 0 unspecified atom stereocenters. The van der Waals surface area contributed by atoms with Gasteiger partial charge in [0.2, 0.25) is 5.91 Å². The Kier molecular flexibility index (Phi) is 6.79. The van der Waals surface area contributed by atoms with E-state index in [2.05, 4.69) is 10.4 Å². The van der Waals surface area contributed by atoms with Crippen LogP contribution in [0, 0.1) is 5.82 Å². The Morgan fingerprint density at radius 3 is 2.53 bits per heavy atom. The second kappa shape index (κ2) is 9.69. The van der Waals surface area contributed by atoms with Gasteiger partial charge in [-0.25, -0.2) is 9.07 Å². The maximum Gasteiger partial charge on any atom is 0.266 e. The summed E-state index contributed by atoms with van der Waals surface area (Å²) in [5, 5.41) is 7.11. The lowest BCUT2D eigenvalue weighted by Gasteiger charge is -2.12. The van der Waals surface area contributed by atoms with Gasteiger partial charge in [0.1, 0.15) is 17.3 Å². The molecule has 0 atom stereocenters. The van der Waals surface area contributed by atoms with Crippen molar-refractivity contribution in [2.24, 2.45) is 0 Å². The number of aryl methyl sites for hydroxylation is 1. The lowest BCUT2D eigenvalue weighted by molar-refractivity contribution is -0.116. The molecule has 0 bridgehead atoms. The van der Waals surface area contributed by atoms with Crippen molar-refractivity contribution < 1.29 is 18.7 Å². The summed E-state index contributed by atoms with van der Waals surface area (Å²) in [7, 11) is 3.06. The van der Waals surface area contributed by atoms with E-state index >= 15 is 0 Å². The third kappa shape index (κ3) is 5.22. The van der Waals surface area contributed by atoms with E-state index in [1.54, 1.807) is 36.4 Å². The van der Waals surface area contributed by atoms with Crippen molar-refractivity contribution >= 4 is 11.6 Å². The summed E-state index contributed by atoms with van der Waals surface area (Å²) in [4.78, 5) is 24.4. The minimum atomic E-state index is -0.342. The quantitative estimate of drug-likeness (QED) is 0.614. The van der Waals surface area contributed by atoms with E-state index in [1.807, 2.05) is 0 Å². The Hall–Kier alpha value is -3.68. The van der Waals surface area contributed by atoms with Crippen molar-refractivity contribution in [1.82, 2.24) is 9.78 Å². The van der Waals surface area contributed by atoms with Crippen molar-refractivity contribution in [3.05, 3.63) is 70.8 Å². The molecule has 156 valence electrons. The zero-order valence-electron chi connectivity index (χ0n) is 16.7. The van der Waals surface area contributed by atoms with Gasteiger partial charge in [0.25, 0.3) is 5.56 Å². The van der Waals surface area contributed by atoms with Crippen LogP contribution in [0.5, 0.6) is 11.5 Å². The topological polar surface area (TPSA) is 82.4 Å². The molecule has 0 aliphatic carbocycles. The van der Waals surface area contributed by atoms with Gasteiger partial charge in [0.05, 0.1) is 25.6 Å². The van der Waals surface area contributed by atoms with Gasteiger partial charge in [-0.1, -0.05) is 0 Å². The number of hydrogen-bond donors (Lipinski definition) is 1. The molecule has 7 nitrogen and oxygen atoms in total. The molecule has 1 N–H and O–H groups in total. The van der Waals surface area contributed by atoms with Gasteiger partial charge in [-0.3, -0.25) is 9.59 Å². The Labute approximate surface area is 173 Å². The van der Waals surface area contributed by atoms with E-state index in [4.69, 9.17) is 9.47 Å². The molecule has 3 aromatic rings. The molecule has 0 saturated carbocycles. The van der Waals surface area contributed by atoms with Gasteiger partial charge in [-0.05, 0) is 48.9 Å². The maximum absolute atomic E-state index is 13.1. The lowest BCUT2D eigenvalue weighted by Crippen LogP contribution is -2.23. The molecule has 0 aliphatic rings. The van der Waals surface area contributed by atoms with Crippen molar-refractivity contribution in [2.75, 3.05) is 19.5 Å². The number of amides is 1. The molecule has 30 heavy (non-hydrogen) atoms. The average molecular weight is 411 g/mol. The normalized spacial score (nSPS) is 10.5. The largest absolute Gasteiger partial charge is 0.497 e. The first-order valence-corrected chi connectivity index (χ1v) is 9.36. The number of anilines is 1. The highest BCUT2D eigenvalue weighted by Gasteiger charge is 2.10. The van der Waals surface area contributed by atoms with Crippen LogP contribution in [0.25, 0.3) is 11.3 Å². The summed E-state index contributed by atoms with van der Waals surface area (Å²) in [6, 6.07) is 14.0. The highest BCUT2D eigenvalue weighted by Crippen LogP contribution is 2.29. The third-order valence-electron chi connectivity index (χ3n) is 4.46. The number of ether oxygens (including phenoxy) is 2. The fourth-order valence-corrected chi connectivity index (χ4v) is 2.90. The number of nitrogens with one attached hydrogen (secondary N) is 1. The van der Waals surface area contributed by atoms with Crippen molar-refractivity contribution in [2.45, 2.75) is 19.4 Å². The third-order valence-corrected chi connectivity index (χ3v) is 4.46. The number of carbonyl (C=O) groups excluding carboxylic acids is 1. The van der Waals surface area contributed by atoms with Crippen LogP contribution in [0.3, 0.4) is 0 Å². The van der Waals surface area contributed by atoms with Crippen molar-refractivity contribution in [3.63, 3.8) is 0 Å². The standard InChI is InChI=1S/C22H22FN3O4/c1-29-17-9-11-20(30-2)19(14-17)24-21(27)4-3-13-26-22(28)12-10-18(25-26)15-5-7-16(23)8-6-15/h5-12,14H,3-4,13H2,1-2H3,(H,24,27). The van der Waals surface area contributed by atoms with Crippen LogP contribution in [-0.2, 0) is 11.3 Å². The Bertz CT molecular complexity index is 1080. The number of nitrogens with zero attached hydrogens (tertiary/aromatic N) is 2. The van der Waals surface area contributed by atoms with Crippen LogP contribution < -0.4 is 20.3 Å². The summed E-state index contributed by atoms with van der Waals surface area (Å²) in [6.07, 6.45) is 0.604. The predicted molar refractivity (Wildman–Crippen MR) is 111 cm³/mol. The first kappa shape index (κ1) is 21.0. The summed E-state index contributed by atoms with van der Waals surface area (Å²) >= 11 is 0. The highest BCUT2D eigenvalue weighted by atomic mass is 19.1. The SMILES string of the molecule is COc1ccc(OC)c(NC(=O)CCCn2nc(-c3ccc(F)cc3)ccc2=O)c1. The maximum atomic E-state index is 13.1. The fraction of sp³-hybridized carbons (Fsp3) is 0.227. The number of carbonyl (C=O) groups is 1. The van der Waals surface area contributed by atoms with E-state index in [9.17, 15) is 14.0 Å². The number of halogens is 1. The summed E-state index contributed by atoms with van der Waals surface area (Å²) < 4.78 is 24.8. The molecular weight excluding hydrogens is 389 g/mol. The predicted octanol–water partition coefficient (Wildman–Crippen LogP) is 3.49. The van der Waals surface area contributed by atoms with E-state index in [0.717, 1.165) is 0 Å². The summed E-state index contributed by atoms with van der Waals surface area (Å²) in [5.41, 5.74) is 1.50. The number of methoxy groups -OCH3 is 2. The van der Waals surface area contributed by atoms with Gasteiger partial charge in [-0.2, -0.15) is 5.10 Å². The van der Waals surface area contributed by atoms with Gasteiger partial charge < -0.3 is 14.8 Å². The van der Waals surface area contributed by atoms with E-state index in [-0.39, 0.29) is 30.2 Å². The molecule has 0 fully saturated rings. The second-order valence-corrected chi connectivity index (χ2v) is 6.50. The Morgan fingerprint density at radius 2 is 1.83 bits per heavy atom. The molecule has 0 spiro atoms. The molecule has 8 heteroatoms. The van der Waals surface area contributed by atoms with Crippen LogP contribution in [0.2, 0.25) is 0 Å². The minimum absolute atomic E-state index is 0.190. The van der Waals surface area contributed by atoms with Crippen LogP contribution in [0.1, 0.15) is 12.8 Å². The van der Waals surface area contributed by atoms with Gasteiger partial charge in [0.15, 0.2) is 0 Å². The van der Waals surface area contributed by atoms with Crippen molar-refractivity contribution in [3.8, 4) is 22.8 Å². The lowest BCUT2D eigenvalue weighted by atomic mass is 10.1. The van der Waals surface area contributed by atoms with Crippen LogP contribution in [0.15, 0.2) is 59.4 Å². The van der Waals surface area contributed by atoms with Crippen LogP contribution >= 0.6 is 0 Å². The monoisotopic (exact) mass is 411 g/mol. The molecule has 1 aromatic heterocycles. The van der Waals surface area contributed by atoms with E-state index < -0.39 is 0 Å². The Balaban J connectivity index is 1.62. The fourth-order valence-electron chi connectivity index (χ4n) is 2.90. The molecule has 1 heterocycles. The number of aromatic nitrogens is 2. The molecular formula is C22H22FN3O4. The second-order valence-electron chi connectivity index (χ2n) is 6.50. The first-order chi connectivity index (χ1) is 14.5. The zero-order valence-corrected chi connectivity index (χ0v) is 16.7. The number of hydrogen-bond acceptors (Lipinski definition) is 5. The molecule has 0 radical (unpaired) electrons.